The van der Waals surface area contributed by atoms with Crippen LogP contribution >= 0.6 is 0 Å². The summed E-state index contributed by atoms with van der Waals surface area (Å²) in [5.41, 5.74) is 0. The highest BCUT2D eigenvalue weighted by Gasteiger charge is 2.22. The number of carbonyl (C=O) groups excluding carboxylic acids is 1. The SMILES string of the molecule is CC1CCCC(OC(=O)COc2ccccc2)C1. The number of rotatable bonds is 4. The average Bonchev–Trinajstić information content (AvgIpc) is 2.38. The predicted octanol–water partition coefficient (Wildman–Crippen LogP) is 3.19. The summed E-state index contributed by atoms with van der Waals surface area (Å²) in [4.78, 5) is 11.6. The van der Waals surface area contributed by atoms with Crippen molar-refractivity contribution in [1.82, 2.24) is 0 Å². The van der Waals surface area contributed by atoms with Crippen LogP contribution in [0.4, 0.5) is 0 Å². The number of esters is 1. The quantitative estimate of drug-likeness (QED) is 0.768. The maximum Gasteiger partial charge on any atom is 0.344 e. The number of hydrogen-bond donors (Lipinski definition) is 0. The van der Waals surface area contributed by atoms with Crippen molar-refractivity contribution in [2.45, 2.75) is 38.7 Å². The summed E-state index contributed by atoms with van der Waals surface area (Å²) in [7, 11) is 0. The van der Waals surface area contributed by atoms with Crippen LogP contribution in [0.25, 0.3) is 0 Å². The van der Waals surface area contributed by atoms with Gasteiger partial charge < -0.3 is 9.47 Å². The summed E-state index contributed by atoms with van der Waals surface area (Å²) in [5.74, 6) is 1.09. The fourth-order valence-corrected chi connectivity index (χ4v) is 2.36. The molecule has 1 aromatic rings. The first-order valence-electron chi connectivity index (χ1n) is 6.61. The molecule has 3 nitrogen and oxygen atoms in total. The summed E-state index contributed by atoms with van der Waals surface area (Å²) >= 11 is 0. The lowest BCUT2D eigenvalue weighted by molar-refractivity contribution is -0.153. The number of para-hydroxylation sites is 1. The third-order valence-electron chi connectivity index (χ3n) is 3.29. The van der Waals surface area contributed by atoms with Crippen molar-refractivity contribution >= 4 is 5.97 Å². The van der Waals surface area contributed by atoms with Crippen LogP contribution in [0.1, 0.15) is 32.6 Å². The molecule has 1 aromatic carbocycles. The Hall–Kier alpha value is -1.51. The highest BCUT2D eigenvalue weighted by atomic mass is 16.6. The Kier molecular flexibility index (Phi) is 4.62. The third kappa shape index (κ3) is 4.06. The van der Waals surface area contributed by atoms with E-state index in [1.807, 2.05) is 30.3 Å². The summed E-state index contributed by atoms with van der Waals surface area (Å²) in [5, 5.41) is 0. The molecule has 0 aliphatic heterocycles. The van der Waals surface area contributed by atoms with E-state index in [0.717, 1.165) is 19.3 Å². The van der Waals surface area contributed by atoms with Gasteiger partial charge in [-0.1, -0.05) is 31.5 Å². The Morgan fingerprint density at radius 3 is 2.78 bits per heavy atom. The molecule has 3 heteroatoms. The van der Waals surface area contributed by atoms with Crippen LogP contribution in [0.15, 0.2) is 30.3 Å². The van der Waals surface area contributed by atoms with Crippen LogP contribution in [0.5, 0.6) is 5.75 Å². The summed E-state index contributed by atoms with van der Waals surface area (Å²) in [6.07, 6.45) is 4.45. The lowest BCUT2D eigenvalue weighted by atomic mass is 9.89. The van der Waals surface area contributed by atoms with Crippen LogP contribution in [0.3, 0.4) is 0 Å². The van der Waals surface area contributed by atoms with E-state index in [4.69, 9.17) is 9.47 Å². The van der Waals surface area contributed by atoms with Gasteiger partial charge in [0.15, 0.2) is 6.61 Å². The number of carbonyl (C=O) groups is 1. The van der Waals surface area contributed by atoms with Gasteiger partial charge in [0.2, 0.25) is 0 Å². The molecule has 98 valence electrons. The molecule has 2 atom stereocenters. The molecule has 0 N–H and O–H groups in total. The topological polar surface area (TPSA) is 35.5 Å². The minimum absolute atomic E-state index is 0.00507. The van der Waals surface area contributed by atoms with Crippen molar-refractivity contribution in [2.75, 3.05) is 6.61 Å². The van der Waals surface area contributed by atoms with Crippen molar-refractivity contribution in [2.24, 2.45) is 5.92 Å². The predicted molar refractivity (Wildman–Crippen MR) is 69.4 cm³/mol. The number of hydrogen-bond acceptors (Lipinski definition) is 3. The molecular formula is C15H20O3. The molecule has 0 radical (unpaired) electrons. The fraction of sp³-hybridized carbons (Fsp3) is 0.533. The minimum Gasteiger partial charge on any atom is -0.482 e. The zero-order valence-corrected chi connectivity index (χ0v) is 10.8. The van der Waals surface area contributed by atoms with E-state index in [9.17, 15) is 4.79 Å². The molecule has 2 unspecified atom stereocenters. The Morgan fingerprint density at radius 2 is 2.06 bits per heavy atom. The van der Waals surface area contributed by atoms with Crippen LogP contribution in [-0.4, -0.2) is 18.7 Å². The highest BCUT2D eigenvalue weighted by Crippen LogP contribution is 2.25. The maximum atomic E-state index is 11.6. The zero-order chi connectivity index (χ0) is 12.8. The van der Waals surface area contributed by atoms with Crippen LogP contribution in [-0.2, 0) is 9.53 Å². The molecular weight excluding hydrogens is 228 g/mol. The second-order valence-corrected chi connectivity index (χ2v) is 4.99. The molecule has 1 saturated carbocycles. The molecule has 2 rings (SSSR count). The van der Waals surface area contributed by atoms with Crippen LogP contribution in [0.2, 0.25) is 0 Å². The molecule has 1 fully saturated rings. The molecule has 0 amide bonds. The van der Waals surface area contributed by atoms with Gasteiger partial charge in [0.1, 0.15) is 11.9 Å². The number of benzene rings is 1. The van der Waals surface area contributed by atoms with Crippen molar-refractivity contribution in [3.63, 3.8) is 0 Å². The van der Waals surface area contributed by atoms with E-state index >= 15 is 0 Å². The standard InChI is InChI=1S/C15H20O3/c1-12-6-5-9-14(10-12)18-15(16)11-17-13-7-3-2-4-8-13/h2-4,7-8,12,14H,5-6,9-11H2,1H3. The normalized spacial score (nSPS) is 23.4. The fourth-order valence-electron chi connectivity index (χ4n) is 2.36. The first kappa shape index (κ1) is 12.9. The zero-order valence-electron chi connectivity index (χ0n) is 10.8. The van der Waals surface area contributed by atoms with Gasteiger partial charge in [-0.25, -0.2) is 4.79 Å². The van der Waals surface area contributed by atoms with E-state index in [2.05, 4.69) is 6.92 Å². The molecule has 0 saturated heterocycles. The van der Waals surface area contributed by atoms with Crippen molar-refractivity contribution < 1.29 is 14.3 Å². The van der Waals surface area contributed by atoms with Gasteiger partial charge in [-0.05, 0) is 37.3 Å². The average molecular weight is 248 g/mol. The molecule has 0 heterocycles. The van der Waals surface area contributed by atoms with Gasteiger partial charge in [-0.15, -0.1) is 0 Å². The van der Waals surface area contributed by atoms with Gasteiger partial charge >= 0.3 is 5.97 Å². The van der Waals surface area contributed by atoms with E-state index in [-0.39, 0.29) is 18.7 Å². The first-order valence-corrected chi connectivity index (χ1v) is 6.61. The Morgan fingerprint density at radius 1 is 1.28 bits per heavy atom. The molecule has 0 aromatic heterocycles. The Balaban J connectivity index is 1.72. The van der Waals surface area contributed by atoms with Crippen molar-refractivity contribution in [1.29, 1.82) is 0 Å². The molecule has 1 aliphatic rings. The smallest absolute Gasteiger partial charge is 0.344 e. The van der Waals surface area contributed by atoms with Crippen LogP contribution in [0, 0.1) is 5.92 Å². The van der Waals surface area contributed by atoms with Gasteiger partial charge in [-0.3, -0.25) is 0 Å². The Labute approximate surface area is 108 Å². The van der Waals surface area contributed by atoms with Gasteiger partial charge in [0.05, 0.1) is 0 Å². The van der Waals surface area contributed by atoms with Gasteiger partial charge in [0.25, 0.3) is 0 Å². The van der Waals surface area contributed by atoms with Crippen molar-refractivity contribution in [3.8, 4) is 5.75 Å². The molecule has 18 heavy (non-hydrogen) atoms. The number of ether oxygens (including phenoxy) is 2. The summed E-state index contributed by atoms with van der Waals surface area (Å²) in [6.45, 7) is 2.20. The second kappa shape index (κ2) is 6.43. The lowest BCUT2D eigenvalue weighted by Gasteiger charge is -2.26. The molecule has 0 bridgehead atoms. The molecule has 1 aliphatic carbocycles. The lowest BCUT2D eigenvalue weighted by Crippen LogP contribution is -2.27. The first-order chi connectivity index (χ1) is 8.74. The van der Waals surface area contributed by atoms with E-state index < -0.39 is 0 Å². The maximum absolute atomic E-state index is 11.6. The largest absolute Gasteiger partial charge is 0.482 e. The highest BCUT2D eigenvalue weighted by molar-refractivity contribution is 5.71. The summed E-state index contributed by atoms with van der Waals surface area (Å²) < 4.78 is 10.8. The van der Waals surface area contributed by atoms with E-state index in [1.165, 1.54) is 6.42 Å². The minimum atomic E-state index is -0.266. The third-order valence-corrected chi connectivity index (χ3v) is 3.29. The van der Waals surface area contributed by atoms with Crippen LogP contribution < -0.4 is 4.74 Å². The summed E-state index contributed by atoms with van der Waals surface area (Å²) in [6, 6.07) is 9.33. The van der Waals surface area contributed by atoms with E-state index in [0.29, 0.717) is 11.7 Å². The van der Waals surface area contributed by atoms with Crippen molar-refractivity contribution in [3.05, 3.63) is 30.3 Å². The van der Waals surface area contributed by atoms with E-state index in [1.54, 1.807) is 0 Å². The molecule has 0 spiro atoms. The van der Waals surface area contributed by atoms with Gasteiger partial charge in [-0.2, -0.15) is 0 Å². The van der Waals surface area contributed by atoms with Gasteiger partial charge in [0, 0.05) is 0 Å². The monoisotopic (exact) mass is 248 g/mol. The Bertz CT molecular complexity index is 375. The second-order valence-electron chi connectivity index (χ2n) is 4.99.